The Labute approximate surface area is 128 Å². The van der Waals surface area contributed by atoms with E-state index >= 15 is 0 Å². The molecule has 0 atom stereocenters. The van der Waals surface area contributed by atoms with E-state index in [-0.39, 0.29) is 5.82 Å². The lowest BCUT2D eigenvalue weighted by molar-refractivity contribution is 0.630. The van der Waals surface area contributed by atoms with E-state index in [0.717, 1.165) is 28.5 Å². The lowest BCUT2D eigenvalue weighted by atomic mass is 10.1. The first-order valence-electron chi connectivity index (χ1n) is 7.09. The third-order valence-electron chi connectivity index (χ3n) is 3.32. The second-order valence-corrected chi connectivity index (χ2v) is 5.55. The summed E-state index contributed by atoms with van der Waals surface area (Å²) >= 11 is 0. The Balaban J connectivity index is 2.11. The minimum Gasteiger partial charge on any atom is -0.304 e. The van der Waals surface area contributed by atoms with Gasteiger partial charge in [-0.25, -0.2) is 9.37 Å². The number of fused-ring (bicyclic) bond motifs is 1. The molecule has 0 radical (unpaired) electrons. The number of rotatable bonds is 2. The Morgan fingerprint density at radius 2 is 1.91 bits per heavy atom. The highest BCUT2D eigenvalue weighted by Crippen LogP contribution is 2.25. The lowest BCUT2D eigenvalue weighted by Crippen LogP contribution is -1.94. The van der Waals surface area contributed by atoms with Gasteiger partial charge in [-0.05, 0) is 45.9 Å². The molecule has 0 aliphatic heterocycles. The fraction of sp³-hybridized carbons (Fsp3) is 0.235. The largest absolute Gasteiger partial charge is 0.304 e. The van der Waals surface area contributed by atoms with Crippen LogP contribution in [-0.4, -0.2) is 20.1 Å². The summed E-state index contributed by atoms with van der Waals surface area (Å²) in [5, 5.41) is 0. The molecule has 112 valence electrons. The van der Waals surface area contributed by atoms with E-state index in [1.54, 1.807) is 10.6 Å². The van der Waals surface area contributed by atoms with Gasteiger partial charge in [0.05, 0.1) is 22.8 Å². The van der Waals surface area contributed by atoms with E-state index in [1.807, 2.05) is 46.0 Å². The van der Waals surface area contributed by atoms with E-state index in [4.69, 9.17) is 0 Å². The van der Waals surface area contributed by atoms with Crippen LogP contribution in [0, 0.1) is 19.7 Å². The second-order valence-electron chi connectivity index (χ2n) is 5.55. The Morgan fingerprint density at radius 3 is 2.59 bits per heavy atom. The van der Waals surface area contributed by atoms with E-state index in [1.165, 1.54) is 6.07 Å². The van der Waals surface area contributed by atoms with E-state index in [9.17, 15) is 4.39 Å². The maximum atomic E-state index is 14.2. The standard InChI is InChI=1S/C17H17FN4/c1-10(2)19-15-5-6-16(21-12(15)4)13-7-14(18)17-20-11(3)8-22(17)9-13/h5-9H,1-4H3. The molecule has 0 aliphatic carbocycles. The first kappa shape index (κ1) is 14.4. The zero-order valence-electron chi connectivity index (χ0n) is 13.1. The molecule has 0 saturated heterocycles. The molecule has 3 aromatic rings. The highest BCUT2D eigenvalue weighted by atomic mass is 19.1. The van der Waals surface area contributed by atoms with Crippen molar-refractivity contribution in [1.29, 1.82) is 0 Å². The number of aromatic nitrogens is 3. The van der Waals surface area contributed by atoms with Crippen molar-refractivity contribution in [3.05, 3.63) is 47.8 Å². The van der Waals surface area contributed by atoms with Crippen LogP contribution in [0.5, 0.6) is 0 Å². The van der Waals surface area contributed by atoms with Crippen molar-refractivity contribution in [1.82, 2.24) is 14.4 Å². The van der Waals surface area contributed by atoms with Crippen LogP contribution in [0.4, 0.5) is 10.1 Å². The van der Waals surface area contributed by atoms with Crippen molar-refractivity contribution < 1.29 is 4.39 Å². The molecule has 4 nitrogen and oxygen atoms in total. The molecule has 22 heavy (non-hydrogen) atoms. The van der Waals surface area contributed by atoms with Crippen molar-refractivity contribution >= 4 is 17.0 Å². The minimum atomic E-state index is -0.350. The summed E-state index contributed by atoms with van der Waals surface area (Å²) in [6.07, 6.45) is 3.64. The minimum absolute atomic E-state index is 0.334. The summed E-state index contributed by atoms with van der Waals surface area (Å²) < 4.78 is 15.9. The van der Waals surface area contributed by atoms with E-state index in [0.29, 0.717) is 11.2 Å². The van der Waals surface area contributed by atoms with Gasteiger partial charge in [-0.2, -0.15) is 0 Å². The van der Waals surface area contributed by atoms with Crippen molar-refractivity contribution in [3.63, 3.8) is 0 Å². The number of imidazole rings is 1. The number of halogens is 1. The Morgan fingerprint density at radius 1 is 1.14 bits per heavy atom. The number of pyridine rings is 2. The molecule has 0 fully saturated rings. The molecule has 3 aromatic heterocycles. The summed E-state index contributed by atoms with van der Waals surface area (Å²) in [7, 11) is 0. The van der Waals surface area contributed by atoms with Crippen molar-refractivity contribution in [2.24, 2.45) is 4.99 Å². The Bertz CT molecular complexity index is 889. The lowest BCUT2D eigenvalue weighted by Gasteiger charge is -2.06. The fourth-order valence-electron chi connectivity index (χ4n) is 2.39. The molecular formula is C17H17FN4. The van der Waals surface area contributed by atoms with Gasteiger partial charge in [0, 0.05) is 23.7 Å². The van der Waals surface area contributed by atoms with Gasteiger partial charge in [-0.1, -0.05) is 0 Å². The van der Waals surface area contributed by atoms with Crippen LogP contribution in [0.15, 0.2) is 35.6 Å². The van der Waals surface area contributed by atoms with Crippen LogP contribution >= 0.6 is 0 Å². The van der Waals surface area contributed by atoms with Gasteiger partial charge in [-0.15, -0.1) is 0 Å². The average molecular weight is 296 g/mol. The quantitative estimate of drug-likeness (QED) is 0.663. The van der Waals surface area contributed by atoms with Crippen molar-refractivity contribution in [2.45, 2.75) is 27.7 Å². The molecule has 0 spiro atoms. The third kappa shape index (κ3) is 2.62. The number of hydrogen-bond donors (Lipinski definition) is 0. The topological polar surface area (TPSA) is 42.5 Å². The van der Waals surface area contributed by atoms with Gasteiger partial charge in [0.25, 0.3) is 0 Å². The van der Waals surface area contributed by atoms with Gasteiger partial charge < -0.3 is 4.40 Å². The molecular weight excluding hydrogens is 279 g/mol. The third-order valence-corrected chi connectivity index (χ3v) is 3.32. The van der Waals surface area contributed by atoms with Gasteiger partial charge in [0.2, 0.25) is 0 Å². The smallest absolute Gasteiger partial charge is 0.173 e. The number of aryl methyl sites for hydroxylation is 2. The van der Waals surface area contributed by atoms with Crippen LogP contribution < -0.4 is 0 Å². The highest BCUT2D eigenvalue weighted by Gasteiger charge is 2.10. The van der Waals surface area contributed by atoms with Crippen molar-refractivity contribution in [2.75, 3.05) is 0 Å². The zero-order valence-corrected chi connectivity index (χ0v) is 13.1. The van der Waals surface area contributed by atoms with Crippen LogP contribution in [0.1, 0.15) is 25.2 Å². The molecule has 0 aliphatic rings. The second kappa shape index (κ2) is 5.33. The first-order chi connectivity index (χ1) is 10.4. The molecule has 0 N–H and O–H groups in total. The molecule has 3 rings (SSSR count). The summed E-state index contributed by atoms with van der Waals surface area (Å²) in [4.78, 5) is 13.1. The van der Waals surface area contributed by atoms with Crippen LogP contribution in [0.25, 0.3) is 16.9 Å². The normalized spacial score (nSPS) is 11.0. The summed E-state index contributed by atoms with van der Waals surface area (Å²) in [5.41, 5.74) is 5.18. The molecule has 0 aromatic carbocycles. The number of hydrogen-bond acceptors (Lipinski definition) is 3. The maximum absolute atomic E-state index is 14.2. The zero-order chi connectivity index (χ0) is 15.9. The summed E-state index contributed by atoms with van der Waals surface area (Å²) in [6.45, 7) is 7.63. The highest BCUT2D eigenvalue weighted by molar-refractivity contribution is 5.82. The van der Waals surface area contributed by atoms with E-state index < -0.39 is 0 Å². The van der Waals surface area contributed by atoms with Gasteiger partial charge in [0.1, 0.15) is 0 Å². The van der Waals surface area contributed by atoms with Crippen molar-refractivity contribution in [3.8, 4) is 11.3 Å². The summed E-state index contributed by atoms with van der Waals surface area (Å²) in [5.74, 6) is -0.350. The molecule has 0 bridgehead atoms. The Kier molecular flexibility index (Phi) is 3.48. The molecule has 0 amide bonds. The molecule has 0 unspecified atom stereocenters. The van der Waals surface area contributed by atoms with Crippen LogP contribution in [-0.2, 0) is 0 Å². The summed E-state index contributed by atoms with van der Waals surface area (Å²) in [6, 6.07) is 5.24. The molecule has 0 saturated carbocycles. The van der Waals surface area contributed by atoms with E-state index in [2.05, 4.69) is 15.0 Å². The van der Waals surface area contributed by atoms with Gasteiger partial charge in [-0.3, -0.25) is 9.98 Å². The fourth-order valence-corrected chi connectivity index (χ4v) is 2.39. The Hall–Kier alpha value is -2.56. The van der Waals surface area contributed by atoms with Crippen LogP contribution in [0.2, 0.25) is 0 Å². The average Bonchev–Trinajstić information content (AvgIpc) is 2.81. The van der Waals surface area contributed by atoms with Crippen LogP contribution in [0.3, 0.4) is 0 Å². The SMILES string of the molecule is CC(C)=Nc1ccc(-c2cc(F)c3nc(C)cn3c2)nc1C. The molecule has 5 heteroatoms. The first-order valence-corrected chi connectivity index (χ1v) is 7.09. The number of aliphatic imine (C=N–C) groups is 1. The predicted molar refractivity (Wildman–Crippen MR) is 86.3 cm³/mol. The monoisotopic (exact) mass is 296 g/mol. The molecule has 3 heterocycles. The van der Waals surface area contributed by atoms with Gasteiger partial charge >= 0.3 is 0 Å². The number of nitrogens with zero attached hydrogens (tertiary/aromatic N) is 4. The maximum Gasteiger partial charge on any atom is 0.173 e. The van der Waals surface area contributed by atoms with Gasteiger partial charge in [0.15, 0.2) is 11.5 Å². The predicted octanol–water partition coefficient (Wildman–Crippen LogP) is 4.26.